The first-order valence-electron chi connectivity index (χ1n) is 7.82. The van der Waals surface area contributed by atoms with Gasteiger partial charge in [0.15, 0.2) is 5.82 Å². The second-order valence-corrected chi connectivity index (χ2v) is 7.08. The number of fused-ring (bicyclic) bond motifs is 1. The van der Waals surface area contributed by atoms with Crippen LogP contribution in [-0.4, -0.2) is 26.7 Å². The maximum absolute atomic E-state index is 6.23. The van der Waals surface area contributed by atoms with Crippen molar-refractivity contribution in [2.45, 2.75) is 64.0 Å². The molecule has 1 fully saturated rings. The van der Waals surface area contributed by atoms with Crippen molar-refractivity contribution >= 4 is 11.3 Å². The summed E-state index contributed by atoms with van der Waals surface area (Å²) < 4.78 is 1.91. The van der Waals surface area contributed by atoms with Gasteiger partial charge in [-0.25, -0.2) is 9.50 Å². The van der Waals surface area contributed by atoms with Crippen LogP contribution in [0.15, 0.2) is 18.5 Å². The van der Waals surface area contributed by atoms with E-state index in [0.717, 1.165) is 29.9 Å². The smallest absolute Gasteiger partial charge is 0.152 e. The second-order valence-electron chi connectivity index (χ2n) is 7.08. The van der Waals surface area contributed by atoms with Crippen molar-refractivity contribution in [2.24, 2.45) is 5.73 Å². The molecule has 0 bridgehead atoms. The van der Waals surface area contributed by atoms with E-state index in [1.54, 1.807) is 6.20 Å². The molecular formula is C16H25N5. The number of nitrogens with two attached hydrogens (primary N) is 1. The Balaban J connectivity index is 1.93. The lowest BCUT2D eigenvalue weighted by atomic mass is 9.91. The Morgan fingerprint density at radius 2 is 2.05 bits per heavy atom. The van der Waals surface area contributed by atoms with E-state index in [2.05, 4.69) is 42.2 Å². The average molecular weight is 287 g/mol. The molecule has 0 saturated heterocycles. The molecule has 1 aliphatic rings. The van der Waals surface area contributed by atoms with Crippen molar-refractivity contribution in [2.75, 3.05) is 5.32 Å². The van der Waals surface area contributed by atoms with Crippen molar-refractivity contribution in [3.05, 3.63) is 24.2 Å². The van der Waals surface area contributed by atoms with Crippen molar-refractivity contribution in [3.8, 4) is 0 Å². The number of aromatic nitrogens is 3. The van der Waals surface area contributed by atoms with E-state index in [4.69, 9.17) is 5.73 Å². The maximum Gasteiger partial charge on any atom is 0.152 e. The summed E-state index contributed by atoms with van der Waals surface area (Å²) in [5.74, 6) is 0.892. The summed E-state index contributed by atoms with van der Waals surface area (Å²) in [6, 6.07) is 2.65. The van der Waals surface area contributed by atoms with Crippen LogP contribution in [0.25, 0.3) is 5.52 Å². The highest BCUT2D eigenvalue weighted by Gasteiger charge is 2.24. The molecule has 114 valence electrons. The van der Waals surface area contributed by atoms with Crippen LogP contribution >= 0.6 is 0 Å². The molecule has 5 nitrogen and oxygen atoms in total. The van der Waals surface area contributed by atoms with Gasteiger partial charge in [0.1, 0.15) is 5.52 Å². The van der Waals surface area contributed by atoms with Gasteiger partial charge in [0.2, 0.25) is 0 Å². The first kappa shape index (κ1) is 14.3. The van der Waals surface area contributed by atoms with Crippen molar-refractivity contribution in [1.29, 1.82) is 0 Å². The van der Waals surface area contributed by atoms with Gasteiger partial charge in [0.05, 0.1) is 5.69 Å². The van der Waals surface area contributed by atoms with Gasteiger partial charge in [-0.2, -0.15) is 5.10 Å². The van der Waals surface area contributed by atoms with Crippen LogP contribution in [0.5, 0.6) is 0 Å². The highest BCUT2D eigenvalue weighted by atomic mass is 15.2. The van der Waals surface area contributed by atoms with Crippen LogP contribution in [0.4, 0.5) is 5.82 Å². The summed E-state index contributed by atoms with van der Waals surface area (Å²) in [6.07, 6.45) is 8.37. The molecule has 2 heterocycles. The fourth-order valence-corrected chi connectivity index (χ4v) is 2.91. The quantitative estimate of drug-likeness (QED) is 0.891. The molecule has 3 rings (SSSR count). The molecule has 0 spiro atoms. The highest BCUT2D eigenvalue weighted by Crippen LogP contribution is 2.26. The topological polar surface area (TPSA) is 68.2 Å². The molecule has 0 aromatic carbocycles. The number of anilines is 1. The first-order chi connectivity index (χ1) is 9.95. The lowest BCUT2D eigenvalue weighted by molar-refractivity contribution is 0.403. The molecular weight excluding hydrogens is 262 g/mol. The van der Waals surface area contributed by atoms with Crippen LogP contribution in [-0.2, 0) is 5.41 Å². The minimum absolute atomic E-state index is 0.0323. The van der Waals surface area contributed by atoms with E-state index in [1.807, 2.05) is 10.7 Å². The molecule has 3 N–H and O–H groups in total. The van der Waals surface area contributed by atoms with Crippen LogP contribution in [0.3, 0.4) is 0 Å². The van der Waals surface area contributed by atoms with E-state index < -0.39 is 0 Å². The molecule has 2 atom stereocenters. The fourth-order valence-electron chi connectivity index (χ4n) is 2.91. The zero-order chi connectivity index (χ0) is 15.0. The third-order valence-electron chi connectivity index (χ3n) is 4.30. The Bertz CT molecular complexity index is 625. The number of nitrogens with zero attached hydrogens (tertiary/aromatic N) is 3. The molecule has 1 saturated carbocycles. The number of nitrogens with one attached hydrogen (secondary N) is 1. The summed E-state index contributed by atoms with van der Waals surface area (Å²) in [5, 5.41) is 8.20. The van der Waals surface area contributed by atoms with Crippen molar-refractivity contribution in [3.63, 3.8) is 0 Å². The summed E-state index contributed by atoms with van der Waals surface area (Å²) in [4.78, 5) is 4.50. The molecule has 2 unspecified atom stereocenters. The first-order valence-corrected chi connectivity index (χ1v) is 7.82. The van der Waals surface area contributed by atoms with Gasteiger partial charge in [0, 0.05) is 29.9 Å². The van der Waals surface area contributed by atoms with Gasteiger partial charge in [-0.15, -0.1) is 0 Å². The van der Waals surface area contributed by atoms with E-state index in [9.17, 15) is 0 Å². The Hall–Kier alpha value is -1.62. The fraction of sp³-hybridized carbons (Fsp3) is 0.625. The predicted octanol–water partition coefficient (Wildman–Crippen LogP) is 2.71. The monoisotopic (exact) mass is 287 g/mol. The third-order valence-corrected chi connectivity index (χ3v) is 4.30. The molecule has 2 aromatic rings. The Morgan fingerprint density at radius 1 is 1.29 bits per heavy atom. The lowest BCUT2D eigenvalue weighted by Crippen LogP contribution is -2.42. The number of hydrogen-bond donors (Lipinski definition) is 2. The Kier molecular flexibility index (Phi) is 3.61. The standard InChI is InChI=1S/C16H25N5/c1-16(2,3)14-10-13-15(18-8-9-21(13)20-14)19-12-7-5-4-6-11(12)17/h8-12H,4-7,17H2,1-3H3,(H,18,19). The molecule has 0 radical (unpaired) electrons. The van der Waals surface area contributed by atoms with Crippen LogP contribution in [0.2, 0.25) is 0 Å². The maximum atomic E-state index is 6.23. The average Bonchev–Trinajstić information content (AvgIpc) is 2.86. The van der Waals surface area contributed by atoms with E-state index in [1.165, 1.54) is 12.8 Å². The summed E-state index contributed by atoms with van der Waals surface area (Å²) in [6.45, 7) is 6.52. The molecule has 21 heavy (non-hydrogen) atoms. The summed E-state index contributed by atoms with van der Waals surface area (Å²) in [7, 11) is 0. The second kappa shape index (κ2) is 5.30. The van der Waals surface area contributed by atoms with Gasteiger partial charge >= 0.3 is 0 Å². The van der Waals surface area contributed by atoms with E-state index in [0.29, 0.717) is 6.04 Å². The lowest BCUT2D eigenvalue weighted by Gasteiger charge is -2.29. The molecule has 0 aliphatic heterocycles. The Morgan fingerprint density at radius 3 is 2.76 bits per heavy atom. The van der Waals surface area contributed by atoms with Crippen molar-refractivity contribution in [1.82, 2.24) is 14.6 Å². The Labute approximate surface area is 125 Å². The largest absolute Gasteiger partial charge is 0.364 e. The summed E-state index contributed by atoms with van der Waals surface area (Å²) >= 11 is 0. The van der Waals surface area contributed by atoms with Crippen LogP contribution in [0.1, 0.15) is 52.1 Å². The molecule has 0 amide bonds. The molecule has 1 aliphatic carbocycles. The number of rotatable bonds is 2. The third kappa shape index (κ3) is 2.88. The van der Waals surface area contributed by atoms with Gasteiger partial charge in [-0.05, 0) is 18.9 Å². The van der Waals surface area contributed by atoms with Gasteiger partial charge in [-0.3, -0.25) is 0 Å². The molecule has 2 aromatic heterocycles. The SMILES string of the molecule is CC(C)(C)c1cc2c(NC3CCCCC3N)nccn2n1. The minimum atomic E-state index is 0.0323. The van der Waals surface area contributed by atoms with Crippen LogP contribution < -0.4 is 11.1 Å². The van der Waals surface area contributed by atoms with Crippen molar-refractivity contribution < 1.29 is 0 Å². The van der Waals surface area contributed by atoms with E-state index >= 15 is 0 Å². The molecule has 5 heteroatoms. The van der Waals surface area contributed by atoms with Gasteiger partial charge < -0.3 is 11.1 Å². The number of hydrogen-bond acceptors (Lipinski definition) is 4. The zero-order valence-electron chi connectivity index (χ0n) is 13.1. The minimum Gasteiger partial charge on any atom is -0.364 e. The van der Waals surface area contributed by atoms with E-state index in [-0.39, 0.29) is 11.5 Å². The van der Waals surface area contributed by atoms with Gasteiger partial charge in [-0.1, -0.05) is 33.6 Å². The van der Waals surface area contributed by atoms with Gasteiger partial charge in [0.25, 0.3) is 0 Å². The zero-order valence-corrected chi connectivity index (χ0v) is 13.1. The predicted molar refractivity (Wildman–Crippen MR) is 85.5 cm³/mol. The van der Waals surface area contributed by atoms with Crippen LogP contribution in [0, 0.1) is 0 Å². The normalized spacial score (nSPS) is 23.4. The highest BCUT2D eigenvalue weighted by molar-refractivity contribution is 5.68. The summed E-state index contributed by atoms with van der Waals surface area (Å²) in [5.41, 5.74) is 8.37.